The molecule has 12 heteroatoms. The molecule has 5 aromatic rings. The zero-order valence-corrected chi connectivity index (χ0v) is 32.3. The molecule has 0 unspecified atom stereocenters. The number of halogens is 3. The number of hydrogen-bond donors (Lipinski definition) is 1. The van der Waals surface area contributed by atoms with Crippen LogP contribution in [-0.2, 0) is 11.4 Å². The topological polar surface area (TPSA) is 91.2 Å². The summed E-state index contributed by atoms with van der Waals surface area (Å²) in [5.74, 6) is 1.40. The van der Waals surface area contributed by atoms with E-state index in [1.165, 1.54) is 11.3 Å². The quantitative estimate of drug-likeness (QED) is 0.152. The maximum absolute atomic E-state index is 14.3. The Morgan fingerprint density at radius 1 is 0.980 bits per heavy atom. The highest BCUT2D eigenvalue weighted by Gasteiger charge is 2.33. The maximum atomic E-state index is 14.3. The Kier molecular flexibility index (Phi) is 10.7. The van der Waals surface area contributed by atoms with E-state index in [9.17, 15) is 9.59 Å². The number of carbonyl (C=O) groups excluding carboxylic acids is 1. The third-order valence-corrected chi connectivity index (χ3v) is 10.8. The third-order valence-electron chi connectivity index (χ3n) is 8.24. The maximum Gasteiger partial charge on any atom is 0.271 e. The summed E-state index contributed by atoms with van der Waals surface area (Å²) < 4.78 is 20.1. The number of allylic oxidation sites excluding steroid dienone is 1. The van der Waals surface area contributed by atoms with Crippen LogP contribution >= 0.6 is 57.1 Å². The summed E-state index contributed by atoms with van der Waals surface area (Å²) in [6.45, 7) is 6.01. The van der Waals surface area contributed by atoms with Gasteiger partial charge in [-0.05, 0) is 114 Å². The highest BCUT2D eigenvalue weighted by atomic mass is 127. The molecule has 1 aromatic heterocycles. The summed E-state index contributed by atoms with van der Waals surface area (Å²) in [5, 5.41) is 3.99. The molecular weight excluding hydrogens is 808 g/mol. The standard InChI is InChI=1S/C38H32Cl2IN3O5S/c1-20-6-13-30(21(2)14-20)43-36(45)33-22(3)42-38-44(34(33)25-8-10-26(47-4)11-9-25)37(46)32(50-38)18-24-16-29(41)35(31(17-24)48-5)49-19-23-7-12-27(39)28(40)15-23/h6-18,34H,19H2,1-5H3,(H,43,45)/b32-18+/t34-/m0/s1. The summed E-state index contributed by atoms with van der Waals surface area (Å²) in [7, 11) is 3.16. The number of aryl methyl sites for hydroxylation is 2. The number of carbonyl (C=O) groups is 1. The number of anilines is 1. The highest BCUT2D eigenvalue weighted by molar-refractivity contribution is 14.1. The van der Waals surface area contributed by atoms with Crippen molar-refractivity contribution in [2.45, 2.75) is 33.4 Å². The molecule has 1 aliphatic rings. The molecule has 8 nitrogen and oxygen atoms in total. The predicted octanol–water partition coefficient (Wildman–Crippen LogP) is 8.00. The summed E-state index contributed by atoms with van der Waals surface area (Å²) in [6.07, 6.45) is 1.80. The molecule has 1 aliphatic heterocycles. The number of ether oxygens (including phenoxy) is 3. The number of nitrogens with zero attached hydrogens (tertiary/aromatic N) is 2. The molecule has 0 fully saturated rings. The van der Waals surface area contributed by atoms with E-state index in [1.54, 1.807) is 43.9 Å². The van der Waals surface area contributed by atoms with Crippen molar-refractivity contribution in [2.75, 3.05) is 19.5 Å². The number of thiazole rings is 1. The molecule has 4 aromatic carbocycles. The average Bonchev–Trinajstić information content (AvgIpc) is 3.39. The van der Waals surface area contributed by atoms with Crippen molar-refractivity contribution in [3.63, 3.8) is 0 Å². The Labute approximate surface area is 316 Å². The molecule has 0 spiro atoms. The lowest BCUT2D eigenvalue weighted by molar-refractivity contribution is -0.113. The van der Waals surface area contributed by atoms with E-state index in [-0.39, 0.29) is 18.1 Å². The summed E-state index contributed by atoms with van der Waals surface area (Å²) in [4.78, 5) is 33.6. The Morgan fingerprint density at radius 2 is 1.74 bits per heavy atom. The van der Waals surface area contributed by atoms with Gasteiger partial charge in [0.05, 0.1) is 49.7 Å². The Balaban J connectivity index is 1.40. The average molecular weight is 841 g/mol. The molecule has 2 heterocycles. The fourth-order valence-corrected chi connectivity index (χ4v) is 7.90. The largest absolute Gasteiger partial charge is 0.497 e. The Hall–Kier alpha value is -4.10. The molecule has 0 radical (unpaired) electrons. The van der Waals surface area contributed by atoms with E-state index in [0.29, 0.717) is 53.6 Å². The molecule has 256 valence electrons. The normalized spacial score (nSPS) is 14.2. The van der Waals surface area contributed by atoms with Gasteiger partial charge in [-0.1, -0.05) is 70.4 Å². The molecule has 1 N–H and O–H groups in total. The van der Waals surface area contributed by atoms with Gasteiger partial charge < -0.3 is 19.5 Å². The van der Waals surface area contributed by atoms with Crippen LogP contribution in [-0.4, -0.2) is 24.7 Å². The second-order valence-electron chi connectivity index (χ2n) is 11.7. The zero-order chi connectivity index (χ0) is 35.7. The van der Waals surface area contributed by atoms with E-state index in [4.69, 9.17) is 42.4 Å². The molecule has 0 aliphatic carbocycles. The first kappa shape index (κ1) is 35.7. The molecule has 0 bridgehead atoms. The minimum absolute atomic E-state index is 0.255. The molecule has 50 heavy (non-hydrogen) atoms. The van der Waals surface area contributed by atoms with Crippen LogP contribution in [0.15, 0.2) is 93.9 Å². The lowest BCUT2D eigenvalue weighted by Gasteiger charge is -2.25. The van der Waals surface area contributed by atoms with Gasteiger partial charge in [0.15, 0.2) is 16.3 Å². The van der Waals surface area contributed by atoms with Crippen LogP contribution in [0.3, 0.4) is 0 Å². The Morgan fingerprint density at radius 3 is 2.42 bits per heavy atom. The van der Waals surface area contributed by atoms with Crippen molar-refractivity contribution in [1.29, 1.82) is 0 Å². The van der Waals surface area contributed by atoms with Crippen molar-refractivity contribution in [1.82, 2.24) is 4.57 Å². The van der Waals surface area contributed by atoms with Gasteiger partial charge in [-0.2, -0.15) is 0 Å². The van der Waals surface area contributed by atoms with Gasteiger partial charge in [-0.15, -0.1) is 0 Å². The van der Waals surface area contributed by atoms with E-state index in [2.05, 4.69) is 27.9 Å². The van der Waals surface area contributed by atoms with E-state index in [1.807, 2.05) is 74.5 Å². The molecule has 0 saturated heterocycles. The number of amides is 1. The first-order chi connectivity index (χ1) is 24.0. The van der Waals surface area contributed by atoms with Crippen LogP contribution in [0.1, 0.15) is 40.8 Å². The zero-order valence-electron chi connectivity index (χ0n) is 27.8. The van der Waals surface area contributed by atoms with E-state index >= 15 is 0 Å². The first-order valence-electron chi connectivity index (χ1n) is 15.5. The van der Waals surface area contributed by atoms with Crippen LogP contribution in [0.2, 0.25) is 10.0 Å². The van der Waals surface area contributed by atoms with Gasteiger partial charge in [0.2, 0.25) is 0 Å². The van der Waals surface area contributed by atoms with Gasteiger partial charge >= 0.3 is 0 Å². The number of fused-ring (bicyclic) bond motifs is 1. The van der Waals surface area contributed by atoms with Gasteiger partial charge in [0.1, 0.15) is 12.4 Å². The van der Waals surface area contributed by atoms with Gasteiger partial charge in [-0.3, -0.25) is 14.2 Å². The number of hydrogen-bond acceptors (Lipinski definition) is 7. The highest BCUT2D eigenvalue weighted by Crippen LogP contribution is 2.36. The van der Waals surface area contributed by atoms with Crippen molar-refractivity contribution in [2.24, 2.45) is 4.99 Å². The van der Waals surface area contributed by atoms with Gasteiger partial charge in [-0.25, -0.2) is 4.99 Å². The fraction of sp³-hybridized carbons (Fsp3) is 0.184. The van der Waals surface area contributed by atoms with Crippen molar-refractivity contribution >= 4 is 74.8 Å². The fourth-order valence-electron chi connectivity index (χ4n) is 5.76. The molecule has 0 saturated carbocycles. The third kappa shape index (κ3) is 7.34. The van der Waals surface area contributed by atoms with Crippen LogP contribution in [0.4, 0.5) is 5.69 Å². The molecule has 1 amide bonds. The second-order valence-corrected chi connectivity index (χ2v) is 14.7. The van der Waals surface area contributed by atoms with Gasteiger partial charge in [0, 0.05) is 5.69 Å². The number of aromatic nitrogens is 1. The van der Waals surface area contributed by atoms with Crippen LogP contribution < -0.4 is 34.4 Å². The minimum Gasteiger partial charge on any atom is -0.497 e. The monoisotopic (exact) mass is 839 g/mol. The lowest BCUT2D eigenvalue weighted by Crippen LogP contribution is -2.40. The van der Waals surface area contributed by atoms with Crippen molar-refractivity contribution < 1.29 is 19.0 Å². The minimum atomic E-state index is -0.725. The second kappa shape index (κ2) is 15.0. The summed E-state index contributed by atoms with van der Waals surface area (Å²) in [6, 6.07) is 21.6. The Bertz CT molecular complexity index is 2350. The number of rotatable bonds is 9. The molecule has 6 rings (SSSR count). The molecule has 1 atom stereocenters. The van der Waals surface area contributed by atoms with Crippen molar-refractivity contribution in [3.8, 4) is 17.2 Å². The summed E-state index contributed by atoms with van der Waals surface area (Å²) in [5.41, 5.74) is 5.71. The SMILES string of the molecule is COc1ccc([C@H]2C(C(=O)Nc3ccc(C)cc3C)=C(C)N=c3s/c(=C/c4cc(I)c(OCc5ccc(Cl)c(Cl)c5)c(OC)c4)c(=O)n32)cc1. The smallest absolute Gasteiger partial charge is 0.271 e. The van der Waals surface area contributed by atoms with E-state index in [0.717, 1.165) is 31.4 Å². The predicted molar refractivity (Wildman–Crippen MR) is 208 cm³/mol. The van der Waals surface area contributed by atoms with Crippen LogP contribution in [0, 0.1) is 17.4 Å². The first-order valence-corrected chi connectivity index (χ1v) is 18.1. The number of benzene rings is 4. The van der Waals surface area contributed by atoms with E-state index < -0.39 is 6.04 Å². The van der Waals surface area contributed by atoms with Crippen molar-refractivity contribution in [3.05, 3.63) is 145 Å². The number of nitrogens with one attached hydrogen (secondary N) is 1. The van der Waals surface area contributed by atoms with Gasteiger partial charge in [0.25, 0.3) is 11.5 Å². The molecular formula is C38H32Cl2IN3O5S. The number of methoxy groups -OCH3 is 2. The summed E-state index contributed by atoms with van der Waals surface area (Å²) >= 11 is 15.7. The lowest BCUT2D eigenvalue weighted by atomic mass is 9.95. The van der Waals surface area contributed by atoms with Crippen LogP contribution in [0.25, 0.3) is 6.08 Å². The van der Waals surface area contributed by atoms with Crippen LogP contribution in [0.5, 0.6) is 17.2 Å².